The van der Waals surface area contributed by atoms with E-state index in [9.17, 15) is 4.79 Å². The van der Waals surface area contributed by atoms with E-state index in [4.69, 9.17) is 11.6 Å². The van der Waals surface area contributed by atoms with E-state index in [0.29, 0.717) is 11.6 Å². The van der Waals surface area contributed by atoms with Crippen LogP contribution in [0, 0.1) is 0 Å². The number of rotatable bonds is 3. The molecule has 0 spiro atoms. The lowest BCUT2D eigenvalue weighted by Crippen LogP contribution is -2.37. The predicted molar refractivity (Wildman–Crippen MR) is 132 cm³/mol. The van der Waals surface area contributed by atoms with Crippen molar-refractivity contribution in [3.05, 3.63) is 113 Å². The van der Waals surface area contributed by atoms with E-state index in [1.165, 1.54) is 0 Å². The number of benzene rings is 3. The van der Waals surface area contributed by atoms with E-state index in [-0.39, 0.29) is 12.1 Å². The monoisotopic (exact) mass is 459 g/mol. The van der Waals surface area contributed by atoms with Gasteiger partial charge in [0.25, 0.3) is 0 Å². The van der Waals surface area contributed by atoms with Crippen molar-refractivity contribution in [3.8, 4) is 5.69 Å². The van der Waals surface area contributed by atoms with E-state index in [1.807, 2.05) is 77.9 Å². The van der Waals surface area contributed by atoms with Gasteiger partial charge in [-0.1, -0.05) is 48.0 Å². The number of carbonyl (C=O) groups is 1. The van der Waals surface area contributed by atoms with Gasteiger partial charge in [-0.2, -0.15) is 0 Å². The number of anilines is 1. The highest BCUT2D eigenvalue weighted by molar-refractivity contribution is 7.98. The lowest BCUT2D eigenvalue weighted by Gasteiger charge is -2.31. The number of fused-ring (bicyclic) bond motifs is 3. The van der Waals surface area contributed by atoms with Crippen LogP contribution >= 0.6 is 23.4 Å². The molecule has 2 heterocycles. The third kappa shape index (κ3) is 3.90. The zero-order valence-corrected chi connectivity index (χ0v) is 19.1. The van der Waals surface area contributed by atoms with Crippen molar-refractivity contribution in [3.63, 3.8) is 0 Å². The van der Waals surface area contributed by atoms with Gasteiger partial charge in [0.2, 0.25) is 0 Å². The number of halogens is 1. The highest BCUT2D eigenvalue weighted by Crippen LogP contribution is 2.37. The molecule has 0 unspecified atom stereocenters. The van der Waals surface area contributed by atoms with E-state index < -0.39 is 0 Å². The Hall–Kier alpha value is -3.15. The number of thioether (sulfide) groups is 1. The highest BCUT2D eigenvalue weighted by atomic mass is 35.5. The fourth-order valence-electron chi connectivity index (χ4n) is 4.23. The van der Waals surface area contributed by atoms with Gasteiger partial charge < -0.3 is 14.8 Å². The minimum absolute atomic E-state index is 0.146. The number of aromatic nitrogens is 1. The summed E-state index contributed by atoms with van der Waals surface area (Å²) in [6.45, 7) is 0.485. The van der Waals surface area contributed by atoms with Crippen LogP contribution in [-0.4, -0.2) is 21.8 Å². The van der Waals surface area contributed by atoms with Crippen LogP contribution in [0.1, 0.15) is 22.9 Å². The molecule has 0 fully saturated rings. The molecule has 32 heavy (non-hydrogen) atoms. The van der Waals surface area contributed by atoms with Gasteiger partial charge in [-0.15, -0.1) is 11.8 Å². The van der Waals surface area contributed by atoms with E-state index in [2.05, 4.69) is 34.3 Å². The average molecular weight is 460 g/mol. The van der Waals surface area contributed by atoms with Crippen molar-refractivity contribution >= 4 is 35.1 Å². The summed E-state index contributed by atoms with van der Waals surface area (Å²) >= 11 is 7.82. The number of para-hydroxylation sites is 1. The molecule has 1 aliphatic heterocycles. The molecule has 1 N–H and O–H groups in total. The number of nitrogens with one attached hydrogen (secondary N) is 1. The number of nitrogens with zero attached hydrogens (tertiary/aromatic N) is 2. The van der Waals surface area contributed by atoms with Crippen molar-refractivity contribution in [2.24, 2.45) is 0 Å². The van der Waals surface area contributed by atoms with Crippen LogP contribution in [0.4, 0.5) is 10.5 Å². The number of hydrogen-bond donors (Lipinski definition) is 1. The maximum absolute atomic E-state index is 13.7. The Morgan fingerprint density at radius 1 is 1.00 bits per heavy atom. The van der Waals surface area contributed by atoms with Crippen LogP contribution in [0.5, 0.6) is 0 Å². The van der Waals surface area contributed by atoms with Gasteiger partial charge in [0.15, 0.2) is 0 Å². The lowest BCUT2D eigenvalue weighted by molar-refractivity contribution is 0.194. The minimum Gasteiger partial charge on any atom is -0.318 e. The molecule has 0 bridgehead atoms. The largest absolute Gasteiger partial charge is 0.322 e. The minimum atomic E-state index is -0.265. The van der Waals surface area contributed by atoms with E-state index >= 15 is 0 Å². The molecular formula is C26H22ClN3OS. The standard InChI is InChI=1S/C26H22ClN3OS/c1-32-22-8-4-7-21(16-22)28-26(31)30-17-19-6-2-3-9-23(19)29-15-5-10-24(29)25(30)18-11-13-20(27)14-12-18/h2-16,25H,17H2,1H3,(H,28,31)/t25-/m0/s1. The first kappa shape index (κ1) is 20.7. The van der Waals surface area contributed by atoms with Crippen molar-refractivity contribution < 1.29 is 4.79 Å². The van der Waals surface area contributed by atoms with Gasteiger partial charge in [-0.3, -0.25) is 0 Å². The van der Waals surface area contributed by atoms with Gasteiger partial charge in [0.05, 0.1) is 18.3 Å². The number of carbonyl (C=O) groups excluding carboxylic acids is 1. The summed E-state index contributed by atoms with van der Waals surface area (Å²) in [5.41, 5.74) is 5.01. The molecule has 2 amide bonds. The van der Waals surface area contributed by atoms with E-state index in [0.717, 1.165) is 33.1 Å². The quantitative estimate of drug-likeness (QED) is 0.335. The molecule has 5 rings (SSSR count). The molecule has 1 aromatic heterocycles. The Morgan fingerprint density at radius 2 is 1.81 bits per heavy atom. The van der Waals surface area contributed by atoms with Crippen molar-refractivity contribution in [1.82, 2.24) is 9.47 Å². The van der Waals surface area contributed by atoms with Gasteiger partial charge in [0.1, 0.15) is 0 Å². The van der Waals surface area contributed by atoms with Crippen LogP contribution in [0.3, 0.4) is 0 Å². The average Bonchev–Trinajstić information content (AvgIpc) is 3.24. The Kier molecular flexibility index (Phi) is 5.68. The predicted octanol–water partition coefficient (Wildman–Crippen LogP) is 6.99. The molecule has 1 atom stereocenters. The molecule has 0 radical (unpaired) electrons. The molecule has 3 aromatic carbocycles. The molecule has 1 aliphatic rings. The highest BCUT2D eigenvalue weighted by Gasteiger charge is 2.33. The summed E-state index contributed by atoms with van der Waals surface area (Å²) in [6, 6.07) is 27.6. The van der Waals surface area contributed by atoms with Gasteiger partial charge >= 0.3 is 6.03 Å². The Balaban J connectivity index is 1.61. The first-order chi connectivity index (χ1) is 15.6. The maximum Gasteiger partial charge on any atom is 0.322 e. The summed E-state index contributed by atoms with van der Waals surface area (Å²) in [7, 11) is 0. The molecule has 0 aliphatic carbocycles. The Bertz CT molecular complexity index is 1270. The number of amides is 2. The Morgan fingerprint density at radius 3 is 2.62 bits per heavy atom. The van der Waals surface area contributed by atoms with Crippen LogP contribution in [-0.2, 0) is 6.54 Å². The third-order valence-corrected chi connectivity index (χ3v) is 6.71. The fraction of sp³-hybridized carbons (Fsp3) is 0.115. The molecule has 0 saturated carbocycles. The van der Waals surface area contributed by atoms with Gasteiger partial charge in [0, 0.05) is 27.5 Å². The summed E-state index contributed by atoms with van der Waals surface area (Å²) < 4.78 is 2.18. The fourth-order valence-corrected chi connectivity index (χ4v) is 4.82. The summed E-state index contributed by atoms with van der Waals surface area (Å²) in [4.78, 5) is 16.7. The Labute approximate surface area is 196 Å². The molecule has 0 saturated heterocycles. The topological polar surface area (TPSA) is 37.3 Å². The molecule has 160 valence electrons. The van der Waals surface area contributed by atoms with Gasteiger partial charge in [-0.05, 0) is 65.9 Å². The number of urea groups is 1. The maximum atomic E-state index is 13.7. The van der Waals surface area contributed by atoms with Crippen molar-refractivity contribution in [2.45, 2.75) is 17.5 Å². The smallest absolute Gasteiger partial charge is 0.318 e. The lowest BCUT2D eigenvalue weighted by atomic mass is 10.0. The first-order valence-electron chi connectivity index (χ1n) is 10.4. The summed E-state index contributed by atoms with van der Waals surface area (Å²) in [5, 5.41) is 3.79. The SMILES string of the molecule is CSc1cccc(NC(=O)N2Cc3ccccc3-n3cccc3[C@@H]2c2ccc(Cl)cc2)c1. The molecule has 4 aromatic rings. The third-order valence-electron chi connectivity index (χ3n) is 5.73. The molecule has 4 nitrogen and oxygen atoms in total. The van der Waals surface area contributed by atoms with Gasteiger partial charge in [-0.25, -0.2) is 4.79 Å². The van der Waals surface area contributed by atoms with Crippen molar-refractivity contribution in [1.29, 1.82) is 0 Å². The number of hydrogen-bond acceptors (Lipinski definition) is 2. The second-order valence-electron chi connectivity index (χ2n) is 7.68. The molecule has 6 heteroatoms. The zero-order valence-electron chi connectivity index (χ0n) is 17.5. The second-order valence-corrected chi connectivity index (χ2v) is 8.99. The normalized spacial score (nSPS) is 14.9. The first-order valence-corrected chi connectivity index (χ1v) is 12.0. The summed E-state index contributed by atoms with van der Waals surface area (Å²) in [5.74, 6) is 0. The van der Waals surface area contributed by atoms with Crippen molar-refractivity contribution in [2.75, 3.05) is 11.6 Å². The van der Waals surface area contributed by atoms with Crippen LogP contribution in [0.15, 0.2) is 96.0 Å². The zero-order chi connectivity index (χ0) is 22.1. The summed E-state index contributed by atoms with van der Waals surface area (Å²) in [6.07, 6.45) is 4.08. The van der Waals surface area contributed by atoms with E-state index in [1.54, 1.807) is 11.8 Å². The van der Waals surface area contributed by atoms with Crippen LogP contribution < -0.4 is 5.32 Å². The van der Waals surface area contributed by atoms with Crippen LogP contribution in [0.2, 0.25) is 5.02 Å². The van der Waals surface area contributed by atoms with Crippen LogP contribution in [0.25, 0.3) is 5.69 Å². The molecular weight excluding hydrogens is 438 g/mol. The second kappa shape index (κ2) is 8.77.